The van der Waals surface area contributed by atoms with Gasteiger partial charge in [0.15, 0.2) is 0 Å². The summed E-state index contributed by atoms with van der Waals surface area (Å²) in [5.74, 6) is 0. The number of hydrogen-bond acceptors (Lipinski definition) is 3. The first-order chi connectivity index (χ1) is 4.91. The zero-order valence-corrected chi connectivity index (χ0v) is 6.31. The van der Waals surface area contributed by atoms with E-state index in [2.05, 4.69) is 5.32 Å². The van der Waals surface area contributed by atoms with E-state index in [1.54, 1.807) is 0 Å². The highest BCUT2D eigenvalue weighted by Gasteiger charge is 1.86. The molecule has 0 amide bonds. The van der Waals surface area contributed by atoms with Gasteiger partial charge in [-0.25, -0.2) is 0 Å². The average Bonchev–Trinajstić information content (AvgIpc) is 1.97. The Morgan fingerprint density at radius 1 is 1.30 bits per heavy atom. The minimum atomic E-state index is 0.685. The van der Waals surface area contributed by atoms with E-state index in [0.717, 1.165) is 32.2 Å². The van der Waals surface area contributed by atoms with E-state index in [1.165, 1.54) is 0 Å². The molecule has 0 aliphatic heterocycles. The molecule has 3 nitrogen and oxygen atoms in total. The molecule has 0 aromatic heterocycles. The predicted molar refractivity (Wildman–Crippen MR) is 41.8 cm³/mol. The third-order valence-corrected chi connectivity index (χ3v) is 1.25. The highest BCUT2D eigenvalue weighted by Crippen LogP contribution is 1.88. The number of unbranched alkanes of at least 4 members (excludes halogenated alkanes) is 2. The lowest BCUT2D eigenvalue weighted by Gasteiger charge is -1.99. The molecule has 0 radical (unpaired) electrons. The molecule has 3 heteroatoms. The van der Waals surface area contributed by atoms with E-state index in [9.17, 15) is 4.79 Å². The molecule has 0 rings (SSSR count). The Hall–Kier alpha value is -0.410. The van der Waals surface area contributed by atoms with Crippen molar-refractivity contribution in [1.29, 1.82) is 0 Å². The highest BCUT2D eigenvalue weighted by atomic mass is 16.1. The van der Waals surface area contributed by atoms with Crippen molar-refractivity contribution in [1.82, 2.24) is 5.32 Å². The van der Waals surface area contributed by atoms with Crippen LogP contribution in [-0.2, 0) is 4.79 Å². The zero-order chi connectivity index (χ0) is 7.66. The van der Waals surface area contributed by atoms with E-state index < -0.39 is 0 Å². The molecule has 0 saturated heterocycles. The lowest BCUT2D eigenvalue weighted by molar-refractivity contribution is -0.107. The molecule has 0 aliphatic carbocycles. The average molecular weight is 144 g/mol. The topological polar surface area (TPSA) is 55.1 Å². The number of carbonyl (C=O) groups excluding carboxylic acids is 1. The van der Waals surface area contributed by atoms with Crippen molar-refractivity contribution in [2.45, 2.75) is 19.3 Å². The van der Waals surface area contributed by atoms with E-state index in [4.69, 9.17) is 5.73 Å². The van der Waals surface area contributed by atoms with Gasteiger partial charge in [-0.15, -0.1) is 0 Å². The molecule has 3 N–H and O–H groups in total. The van der Waals surface area contributed by atoms with Crippen LogP contribution in [0.3, 0.4) is 0 Å². The van der Waals surface area contributed by atoms with Crippen LogP contribution in [0.15, 0.2) is 0 Å². The second-order valence-electron chi connectivity index (χ2n) is 2.20. The second-order valence-corrected chi connectivity index (χ2v) is 2.20. The standard InChI is InChI=1S/C7H16N2O/c8-4-6-9-5-2-1-3-7-10/h7,9H,1-6,8H2. The summed E-state index contributed by atoms with van der Waals surface area (Å²) in [4.78, 5) is 9.85. The molecular formula is C7H16N2O. The molecule has 0 saturated carbocycles. The minimum Gasteiger partial charge on any atom is -0.329 e. The molecule has 60 valence electrons. The maximum atomic E-state index is 9.85. The number of nitrogens with one attached hydrogen (secondary N) is 1. The van der Waals surface area contributed by atoms with E-state index in [0.29, 0.717) is 13.0 Å². The van der Waals surface area contributed by atoms with Crippen LogP contribution in [0.4, 0.5) is 0 Å². The van der Waals surface area contributed by atoms with Gasteiger partial charge in [-0.1, -0.05) is 0 Å². The third-order valence-electron chi connectivity index (χ3n) is 1.25. The van der Waals surface area contributed by atoms with Crippen LogP contribution >= 0.6 is 0 Å². The van der Waals surface area contributed by atoms with Crippen molar-refractivity contribution >= 4 is 6.29 Å². The van der Waals surface area contributed by atoms with Crippen molar-refractivity contribution < 1.29 is 4.79 Å². The van der Waals surface area contributed by atoms with Gasteiger partial charge in [0, 0.05) is 19.5 Å². The van der Waals surface area contributed by atoms with Gasteiger partial charge in [-0.2, -0.15) is 0 Å². The van der Waals surface area contributed by atoms with Gasteiger partial charge in [0.05, 0.1) is 0 Å². The largest absolute Gasteiger partial charge is 0.329 e. The normalized spacial score (nSPS) is 9.70. The van der Waals surface area contributed by atoms with E-state index in [1.807, 2.05) is 0 Å². The van der Waals surface area contributed by atoms with E-state index in [-0.39, 0.29) is 0 Å². The first kappa shape index (κ1) is 9.59. The fraction of sp³-hybridized carbons (Fsp3) is 0.857. The van der Waals surface area contributed by atoms with Crippen molar-refractivity contribution in [3.8, 4) is 0 Å². The summed E-state index contributed by atoms with van der Waals surface area (Å²) in [6.45, 7) is 2.54. The maximum Gasteiger partial charge on any atom is 0.119 e. The van der Waals surface area contributed by atoms with Crippen LogP contribution < -0.4 is 11.1 Å². The van der Waals surface area contributed by atoms with Crippen LogP contribution in [0.2, 0.25) is 0 Å². The summed E-state index contributed by atoms with van der Waals surface area (Å²) in [6.07, 6.45) is 3.70. The quantitative estimate of drug-likeness (QED) is 0.387. The molecule has 0 unspecified atom stereocenters. The summed E-state index contributed by atoms with van der Waals surface area (Å²) in [5.41, 5.74) is 5.25. The monoisotopic (exact) mass is 144 g/mol. The van der Waals surface area contributed by atoms with Crippen LogP contribution in [0, 0.1) is 0 Å². The molecule has 0 aromatic rings. The second kappa shape index (κ2) is 8.59. The Bertz CT molecular complexity index is 76.0. The molecule has 0 heterocycles. The SMILES string of the molecule is NCCNCCCCC=O. The number of hydrogen-bond donors (Lipinski definition) is 2. The lowest BCUT2D eigenvalue weighted by atomic mass is 10.2. The molecule has 0 aromatic carbocycles. The number of nitrogens with two attached hydrogens (primary N) is 1. The van der Waals surface area contributed by atoms with Gasteiger partial charge in [-0.3, -0.25) is 0 Å². The van der Waals surface area contributed by atoms with Crippen molar-refractivity contribution in [3.63, 3.8) is 0 Å². The first-order valence-corrected chi connectivity index (χ1v) is 3.76. The maximum absolute atomic E-state index is 9.85. The molecular weight excluding hydrogens is 128 g/mol. The zero-order valence-electron chi connectivity index (χ0n) is 6.31. The highest BCUT2D eigenvalue weighted by molar-refractivity contribution is 5.48. The van der Waals surface area contributed by atoms with Crippen molar-refractivity contribution in [3.05, 3.63) is 0 Å². The number of rotatable bonds is 7. The molecule has 0 aliphatic rings. The van der Waals surface area contributed by atoms with Gasteiger partial charge in [0.25, 0.3) is 0 Å². The van der Waals surface area contributed by atoms with E-state index >= 15 is 0 Å². The van der Waals surface area contributed by atoms with Gasteiger partial charge < -0.3 is 15.8 Å². The molecule has 0 fully saturated rings. The summed E-state index contributed by atoms with van der Waals surface area (Å²) in [6, 6.07) is 0. The van der Waals surface area contributed by atoms with Gasteiger partial charge in [0.2, 0.25) is 0 Å². The Morgan fingerprint density at radius 2 is 2.10 bits per heavy atom. The Balaban J connectivity index is 2.70. The lowest BCUT2D eigenvalue weighted by Crippen LogP contribution is -2.23. The van der Waals surface area contributed by atoms with Crippen LogP contribution in [0.1, 0.15) is 19.3 Å². The smallest absolute Gasteiger partial charge is 0.119 e. The summed E-state index contributed by atoms with van der Waals surface area (Å²) in [7, 11) is 0. The van der Waals surface area contributed by atoms with Crippen molar-refractivity contribution in [2.24, 2.45) is 5.73 Å². The van der Waals surface area contributed by atoms with Crippen LogP contribution in [0.5, 0.6) is 0 Å². The third kappa shape index (κ3) is 7.59. The molecule has 0 atom stereocenters. The minimum absolute atomic E-state index is 0.685. The first-order valence-electron chi connectivity index (χ1n) is 3.76. The molecule has 10 heavy (non-hydrogen) atoms. The fourth-order valence-corrected chi connectivity index (χ4v) is 0.705. The van der Waals surface area contributed by atoms with Gasteiger partial charge >= 0.3 is 0 Å². The summed E-state index contributed by atoms with van der Waals surface area (Å²) >= 11 is 0. The van der Waals surface area contributed by atoms with Crippen LogP contribution in [-0.4, -0.2) is 25.9 Å². The van der Waals surface area contributed by atoms with Gasteiger partial charge in [0.1, 0.15) is 6.29 Å². The van der Waals surface area contributed by atoms with Gasteiger partial charge in [-0.05, 0) is 19.4 Å². The van der Waals surface area contributed by atoms with Crippen molar-refractivity contribution in [2.75, 3.05) is 19.6 Å². The summed E-state index contributed by atoms with van der Waals surface area (Å²) in [5, 5.41) is 3.15. The molecule has 0 bridgehead atoms. The fourth-order valence-electron chi connectivity index (χ4n) is 0.705. The summed E-state index contributed by atoms with van der Waals surface area (Å²) < 4.78 is 0. The number of carbonyl (C=O) groups is 1. The Labute approximate surface area is 62.0 Å². The van der Waals surface area contributed by atoms with Crippen LogP contribution in [0.25, 0.3) is 0 Å². The number of aldehydes is 1. The Morgan fingerprint density at radius 3 is 2.70 bits per heavy atom. The molecule has 0 spiro atoms. The Kier molecular flexibility index (Phi) is 8.24. The predicted octanol–water partition coefficient (Wildman–Crippen LogP) is -0.0961.